The van der Waals surface area contributed by atoms with Crippen LogP contribution in [0.5, 0.6) is 5.75 Å². The van der Waals surface area contributed by atoms with Gasteiger partial charge < -0.3 is 14.9 Å². The molecule has 1 aromatic rings. The molecule has 0 unspecified atom stereocenters. The molecule has 1 fully saturated rings. The summed E-state index contributed by atoms with van der Waals surface area (Å²) in [5.41, 5.74) is 1.43. The molecule has 0 bridgehead atoms. The van der Waals surface area contributed by atoms with E-state index in [1.807, 2.05) is 6.07 Å². The van der Waals surface area contributed by atoms with Crippen molar-refractivity contribution in [1.82, 2.24) is 0 Å². The Hall–Kier alpha value is -2.00. The van der Waals surface area contributed by atoms with Gasteiger partial charge in [0.05, 0.1) is 18.8 Å². The molecule has 1 spiro atoms. The van der Waals surface area contributed by atoms with Crippen molar-refractivity contribution in [1.29, 1.82) is 5.26 Å². The Kier molecular flexibility index (Phi) is 3.84. The zero-order chi connectivity index (χ0) is 15.7. The van der Waals surface area contributed by atoms with Gasteiger partial charge in [0, 0.05) is 22.5 Å². The van der Waals surface area contributed by atoms with Crippen molar-refractivity contribution in [3.63, 3.8) is 0 Å². The predicted octanol–water partition coefficient (Wildman–Crippen LogP) is 2.25. The molecule has 22 heavy (non-hydrogen) atoms. The number of carbonyl (C=O) groups is 1. The van der Waals surface area contributed by atoms with Crippen LogP contribution in [-0.2, 0) is 12.0 Å². The van der Waals surface area contributed by atoms with Gasteiger partial charge in [-0.15, -0.1) is 0 Å². The largest absolute Gasteiger partial charge is 0.493 e. The number of benzene rings is 1. The van der Waals surface area contributed by atoms with Gasteiger partial charge in [0.1, 0.15) is 5.75 Å². The quantitative estimate of drug-likeness (QED) is 0.817. The maximum atomic E-state index is 11.3. The van der Waals surface area contributed by atoms with Gasteiger partial charge in [-0.2, -0.15) is 0 Å². The monoisotopic (exact) mass is 299 g/mol. The van der Waals surface area contributed by atoms with Gasteiger partial charge in [-0.3, -0.25) is 0 Å². The molecule has 2 N–H and O–H groups in total. The zero-order valence-electron chi connectivity index (χ0n) is 12.3. The van der Waals surface area contributed by atoms with E-state index in [-0.39, 0.29) is 24.3 Å². The lowest BCUT2D eigenvalue weighted by Crippen LogP contribution is -2.39. The summed E-state index contributed by atoms with van der Waals surface area (Å²) >= 11 is 0. The first-order valence-corrected chi connectivity index (χ1v) is 7.64. The van der Waals surface area contributed by atoms with Gasteiger partial charge in [0.2, 0.25) is 0 Å². The van der Waals surface area contributed by atoms with Crippen LogP contribution in [0.25, 0.3) is 0 Å². The van der Waals surface area contributed by atoms with Gasteiger partial charge in [0.25, 0.3) is 6.71 Å². The van der Waals surface area contributed by atoms with Crippen LogP contribution in [0.1, 0.15) is 40.7 Å². The lowest BCUT2D eigenvalue weighted by molar-refractivity contribution is 0.0691. The molecular formula is C16H18BNO4. The molecule has 5 nitrogen and oxygen atoms in total. The Morgan fingerprint density at radius 3 is 2.68 bits per heavy atom. The highest BCUT2D eigenvalue weighted by Gasteiger charge is 2.43. The predicted molar refractivity (Wildman–Crippen MR) is 81.3 cm³/mol. The second-order valence-electron chi connectivity index (χ2n) is 6.21. The number of rotatable bonds is 2. The Morgan fingerprint density at radius 2 is 2.09 bits per heavy atom. The molecular weight excluding hydrogens is 281 g/mol. The fourth-order valence-electron chi connectivity index (χ4n) is 3.87. The minimum absolute atomic E-state index is 0.0398. The number of hydrogen-bond donors (Lipinski definition) is 2. The summed E-state index contributed by atoms with van der Waals surface area (Å²) < 4.78 is 5.73. The highest BCUT2D eigenvalue weighted by atomic mass is 16.5. The van der Waals surface area contributed by atoms with Crippen molar-refractivity contribution < 1.29 is 19.7 Å². The number of nitrogens with zero attached hydrogens (tertiary/aromatic N) is 1. The van der Waals surface area contributed by atoms with E-state index in [0.29, 0.717) is 17.9 Å². The van der Waals surface area contributed by atoms with E-state index in [1.54, 1.807) is 6.07 Å². The van der Waals surface area contributed by atoms with Crippen LogP contribution in [0.4, 0.5) is 0 Å². The number of ether oxygens (including phenoxy) is 1. The molecule has 0 aromatic heterocycles. The number of fused-ring (bicyclic) bond motifs is 2. The molecule has 2 heterocycles. The lowest BCUT2D eigenvalue weighted by Gasteiger charge is -2.43. The van der Waals surface area contributed by atoms with Gasteiger partial charge in [0.15, 0.2) is 0 Å². The second-order valence-corrected chi connectivity index (χ2v) is 6.21. The summed E-state index contributed by atoms with van der Waals surface area (Å²) in [4.78, 5) is 11.3. The number of aromatic carboxylic acids is 1. The average Bonchev–Trinajstić information content (AvgIpc) is 2.54. The van der Waals surface area contributed by atoms with E-state index < -0.39 is 5.97 Å². The fourth-order valence-corrected chi connectivity index (χ4v) is 3.87. The van der Waals surface area contributed by atoms with Crippen LogP contribution >= 0.6 is 0 Å². The molecule has 1 saturated heterocycles. The standard InChI is InChI=1S/C16H18BNO4/c18-10-17-6-3-16(4-7-17)5-8-22-14-12(9-19)11(15(20)21)1-2-13(14)16/h1-2,19H,3-9H2,(H,20,21). The number of carboxylic acids is 1. The third-order valence-corrected chi connectivity index (χ3v) is 5.17. The fraction of sp³-hybridized carbons (Fsp3) is 0.500. The molecule has 0 amide bonds. The minimum Gasteiger partial charge on any atom is -0.493 e. The molecule has 114 valence electrons. The van der Waals surface area contributed by atoms with Crippen molar-refractivity contribution in [3.05, 3.63) is 28.8 Å². The van der Waals surface area contributed by atoms with E-state index in [0.717, 1.165) is 37.5 Å². The molecule has 0 radical (unpaired) electrons. The number of aliphatic hydroxyl groups is 1. The van der Waals surface area contributed by atoms with Gasteiger partial charge in [-0.1, -0.05) is 18.7 Å². The Labute approximate surface area is 129 Å². The number of aliphatic hydroxyl groups excluding tert-OH is 1. The van der Waals surface area contributed by atoms with E-state index in [4.69, 9.17) is 10.00 Å². The molecule has 0 atom stereocenters. The number of nitriles is 1. The van der Waals surface area contributed by atoms with E-state index in [1.165, 1.54) is 0 Å². The lowest BCUT2D eigenvalue weighted by atomic mass is 9.38. The highest BCUT2D eigenvalue weighted by Crippen LogP contribution is 2.50. The molecule has 2 aliphatic heterocycles. The van der Waals surface area contributed by atoms with Crippen molar-refractivity contribution >= 4 is 12.7 Å². The van der Waals surface area contributed by atoms with Crippen LogP contribution in [-0.4, -0.2) is 29.5 Å². The third-order valence-electron chi connectivity index (χ3n) is 5.17. The normalized spacial score (nSPS) is 19.2. The van der Waals surface area contributed by atoms with Crippen molar-refractivity contribution in [3.8, 4) is 11.7 Å². The van der Waals surface area contributed by atoms with Crippen molar-refractivity contribution in [2.75, 3.05) is 6.61 Å². The first-order valence-electron chi connectivity index (χ1n) is 7.64. The average molecular weight is 299 g/mol. The Bertz CT molecular complexity index is 644. The smallest absolute Gasteiger partial charge is 0.336 e. The van der Waals surface area contributed by atoms with E-state index in [9.17, 15) is 15.0 Å². The van der Waals surface area contributed by atoms with Crippen LogP contribution in [0.2, 0.25) is 12.6 Å². The second kappa shape index (κ2) is 5.66. The van der Waals surface area contributed by atoms with Gasteiger partial charge in [-0.25, -0.2) is 10.1 Å². The molecule has 0 saturated carbocycles. The van der Waals surface area contributed by atoms with Crippen molar-refractivity contribution in [2.45, 2.75) is 43.9 Å². The first kappa shape index (κ1) is 14.9. The van der Waals surface area contributed by atoms with Gasteiger partial charge in [-0.05, 0) is 25.3 Å². The summed E-state index contributed by atoms with van der Waals surface area (Å²) in [5.74, 6) is 1.84. The maximum Gasteiger partial charge on any atom is 0.336 e. The highest BCUT2D eigenvalue weighted by molar-refractivity contribution is 6.67. The number of carboxylic acid groups (broad SMARTS) is 1. The summed E-state index contributed by atoms with van der Waals surface area (Å²) in [6.45, 7) is 0.301. The van der Waals surface area contributed by atoms with Crippen LogP contribution in [0.3, 0.4) is 0 Å². The van der Waals surface area contributed by atoms with Gasteiger partial charge >= 0.3 is 5.97 Å². The van der Waals surface area contributed by atoms with E-state index >= 15 is 0 Å². The molecule has 0 aliphatic carbocycles. The van der Waals surface area contributed by atoms with Crippen LogP contribution < -0.4 is 4.74 Å². The summed E-state index contributed by atoms with van der Waals surface area (Å²) in [6, 6.07) is 3.41. The zero-order valence-corrected chi connectivity index (χ0v) is 12.3. The third kappa shape index (κ3) is 2.26. The Morgan fingerprint density at radius 1 is 1.36 bits per heavy atom. The maximum absolute atomic E-state index is 11.3. The summed E-state index contributed by atoms with van der Waals surface area (Å²) in [6.07, 6.45) is 4.45. The summed E-state index contributed by atoms with van der Waals surface area (Å²) in [5, 5.41) is 27.9. The minimum atomic E-state index is -1.05. The molecule has 3 rings (SSSR count). The SMILES string of the molecule is N#CB1CCC2(CCOc3c2ccc(C(=O)O)c3CO)CC1. The van der Waals surface area contributed by atoms with Crippen molar-refractivity contribution in [2.24, 2.45) is 0 Å². The molecule has 1 aromatic carbocycles. The van der Waals surface area contributed by atoms with E-state index in [2.05, 4.69) is 5.97 Å². The molecule has 6 heteroatoms. The first-order chi connectivity index (χ1) is 10.6. The summed E-state index contributed by atoms with van der Waals surface area (Å²) in [7, 11) is 0. The Balaban J connectivity index is 2.05. The van der Waals surface area contributed by atoms with Crippen LogP contribution in [0, 0.1) is 11.2 Å². The van der Waals surface area contributed by atoms with Crippen LogP contribution in [0.15, 0.2) is 12.1 Å². The topological polar surface area (TPSA) is 90.5 Å². The number of hydrogen-bond acceptors (Lipinski definition) is 4. The molecule has 2 aliphatic rings.